The highest BCUT2D eigenvalue weighted by Crippen LogP contribution is 2.33. The summed E-state index contributed by atoms with van der Waals surface area (Å²) in [7, 11) is 0. The molecular formula is C31H40N6O3. The average molecular weight is 545 g/mol. The van der Waals surface area contributed by atoms with Crippen molar-refractivity contribution in [2.24, 2.45) is 0 Å². The van der Waals surface area contributed by atoms with Crippen molar-refractivity contribution < 1.29 is 9.47 Å². The van der Waals surface area contributed by atoms with Gasteiger partial charge >= 0.3 is 0 Å². The molecule has 9 heteroatoms. The van der Waals surface area contributed by atoms with Gasteiger partial charge in [-0.2, -0.15) is 0 Å². The van der Waals surface area contributed by atoms with Gasteiger partial charge in [0, 0.05) is 30.8 Å². The molecule has 2 atom stereocenters. The Labute approximate surface area is 235 Å². The standard InChI is InChI=1S/C31H40N6O3/c1-6-31(4,5)37-29(33-34-35-37)28(26-18-23-13-10-21(3)17-27(23)32-30(26)38)36(20-25-9-8-16-40-25)19-22-11-14-24(15-12-22)39-7-2/h10-15,17-18,25,28H,6-9,16,19-20H2,1-5H3,(H,32,38)/t25-,28+/m1/s1. The number of aryl methyl sites for hydroxylation is 1. The van der Waals surface area contributed by atoms with Crippen LogP contribution in [0.5, 0.6) is 5.75 Å². The minimum atomic E-state index is -0.494. The highest BCUT2D eigenvalue weighted by atomic mass is 16.5. The molecule has 1 fully saturated rings. The molecule has 1 aliphatic heterocycles. The molecular weight excluding hydrogens is 504 g/mol. The second-order valence-corrected chi connectivity index (χ2v) is 11.3. The first-order valence-corrected chi connectivity index (χ1v) is 14.3. The van der Waals surface area contributed by atoms with E-state index in [9.17, 15) is 4.79 Å². The molecule has 0 spiro atoms. The molecule has 2 aromatic heterocycles. The van der Waals surface area contributed by atoms with Crippen LogP contribution in [0, 0.1) is 6.92 Å². The Bertz CT molecular complexity index is 1490. The largest absolute Gasteiger partial charge is 0.494 e. The number of rotatable bonds is 11. The van der Waals surface area contributed by atoms with Crippen molar-refractivity contribution in [1.29, 1.82) is 0 Å². The Balaban J connectivity index is 1.66. The number of aromatic nitrogens is 5. The molecule has 1 saturated heterocycles. The van der Waals surface area contributed by atoms with E-state index in [-0.39, 0.29) is 17.2 Å². The van der Waals surface area contributed by atoms with Crippen LogP contribution in [-0.4, -0.2) is 56.0 Å². The SMILES string of the molecule is CCOc1ccc(CN(C[C@H]2CCCO2)[C@@H](c2cc3ccc(C)cc3[nH]c2=O)c2nnnn2C(C)(C)CC)cc1. The zero-order valence-corrected chi connectivity index (χ0v) is 24.2. The van der Waals surface area contributed by atoms with Gasteiger partial charge in [-0.1, -0.05) is 31.2 Å². The van der Waals surface area contributed by atoms with E-state index in [0.29, 0.717) is 31.1 Å². The normalized spacial score (nSPS) is 16.6. The van der Waals surface area contributed by atoms with Crippen LogP contribution in [0.2, 0.25) is 0 Å². The van der Waals surface area contributed by atoms with Gasteiger partial charge in [0.25, 0.3) is 5.56 Å². The van der Waals surface area contributed by atoms with Crippen LogP contribution in [0.15, 0.2) is 53.3 Å². The van der Waals surface area contributed by atoms with Crippen LogP contribution < -0.4 is 10.3 Å². The van der Waals surface area contributed by atoms with Crippen LogP contribution in [0.4, 0.5) is 0 Å². The maximum atomic E-state index is 13.8. The third-order valence-electron chi connectivity index (χ3n) is 7.95. The summed E-state index contributed by atoms with van der Waals surface area (Å²) in [6.07, 6.45) is 2.90. The number of ether oxygens (including phenoxy) is 2. The van der Waals surface area contributed by atoms with E-state index in [2.05, 4.69) is 70.4 Å². The minimum absolute atomic E-state index is 0.0656. The predicted octanol–water partition coefficient (Wildman–Crippen LogP) is 5.14. The molecule has 5 rings (SSSR count). The smallest absolute Gasteiger partial charge is 0.253 e. The van der Waals surface area contributed by atoms with Gasteiger partial charge < -0.3 is 14.5 Å². The summed E-state index contributed by atoms with van der Waals surface area (Å²) >= 11 is 0. The minimum Gasteiger partial charge on any atom is -0.494 e. The molecule has 0 radical (unpaired) electrons. The molecule has 0 saturated carbocycles. The summed E-state index contributed by atoms with van der Waals surface area (Å²) in [4.78, 5) is 19.3. The quantitative estimate of drug-likeness (QED) is 0.279. The second kappa shape index (κ2) is 11.9. The molecule has 40 heavy (non-hydrogen) atoms. The Morgan fingerprint density at radius 2 is 1.98 bits per heavy atom. The fourth-order valence-corrected chi connectivity index (χ4v) is 5.38. The summed E-state index contributed by atoms with van der Waals surface area (Å²) in [5.41, 5.74) is 3.15. The van der Waals surface area contributed by atoms with Crippen molar-refractivity contribution in [3.63, 3.8) is 0 Å². The summed E-state index contributed by atoms with van der Waals surface area (Å²) in [6, 6.07) is 15.8. The second-order valence-electron chi connectivity index (χ2n) is 11.3. The lowest BCUT2D eigenvalue weighted by molar-refractivity contribution is 0.0562. The lowest BCUT2D eigenvalue weighted by Crippen LogP contribution is -2.41. The first-order valence-electron chi connectivity index (χ1n) is 14.3. The first kappa shape index (κ1) is 28.0. The van der Waals surface area contributed by atoms with Gasteiger partial charge in [0.15, 0.2) is 5.82 Å². The van der Waals surface area contributed by atoms with Crippen LogP contribution in [-0.2, 0) is 16.8 Å². The van der Waals surface area contributed by atoms with E-state index in [1.807, 2.05) is 42.8 Å². The number of nitrogens with zero attached hydrogens (tertiary/aromatic N) is 5. The molecule has 2 aromatic carbocycles. The number of aromatic amines is 1. The van der Waals surface area contributed by atoms with E-state index in [4.69, 9.17) is 9.47 Å². The Morgan fingerprint density at radius 1 is 1.18 bits per heavy atom. The molecule has 0 bridgehead atoms. The van der Waals surface area contributed by atoms with Gasteiger partial charge in [0.05, 0.1) is 18.2 Å². The van der Waals surface area contributed by atoms with Gasteiger partial charge in [-0.25, -0.2) is 4.68 Å². The van der Waals surface area contributed by atoms with Gasteiger partial charge in [0.2, 0.25) is 0 Å². The molecule has 0 aliphatic carbocycles. The van der Waals surface area contributed by atoms with Crippen LogP contribution in [0.3, 0.4) is 0 Å². The summed E-state index contributed by atoms with van der Waals surface area (Å²) in [5.74, 6) is 1.48. The zero-order valence-electron chi connectivity index (χ0n) is 24.2. The summed E-state index contributed by atoms with van der Waals surface area (Å²) in [6.45, 7) is 13.0. The molecule has 0 amide bonds. The molecule has 4 aromatic rings. The van der Waals surface area contributed by atoms with E-state index in [0.717, 1.165) is 53.6 Å². The Kier molecular flexibility index (Phi) is 8.32. The Hall–Kier alpha value is -3.56. The Morgan fingerprint density at radius 3 is 2.67 bits per heavy atom. The average Bonchev–Trinajstić information content (AvgIpc) is 3.63. The number of fused-ring (bicyclic) bond motifs is 1. The molecule has 1 aliphatic rings. The third kappa shape index (κ3) is 5.95. The van der Waals surface area contributed by atoms with E-state index < -0.39 is 6.04 Å². The molecule has 9 nitrogen and oxygen atoms in total. The number of H-pyrrole nitrogens is 1. The van der Waals surface area contributed by atoms with Crippen molar-refractivity contribution in [3.8, 4) is 5.75 Å². The van der Waals surface area contributed by atoms with Crippen molar-refractivity contribution >= 4 is 10.9 Å². The first-order chi connectivity index (χ1) is 19.3. The fourth-order valence-electron chi connectivity index (χ4n) is 5.38. The number of benzene rings is 2. The van der Waals surface area contributed by atoms with Crippen LogP contribution >= 0.6 is 0 Å². The fraction of sp³-hybridized carbons (Fsp3) is 0.484. The van der Waals surface area contributed by atoms with E-state index in [1.54, 1.807) is 0 Å². The number of hydrogen-bond acceptors (Lipinski definition) is 7. The van der Waals surface area contributed by atoms with E-state index in [1.165, 1.54) is 0 Å². The topological polar surface area (TPSA) is 98.2 Å². The monoisotopic (exact) mass is 544 g/mol. The van der Waals surface area contributed by atoms with Crippen molar-refractivity contribution in [1.82, 2.24) is 30.1 Å². The van der Waals surface area contributed by atoms with Gasteiger partial charge in [-0.3, -0.25) is 9.69 Å². The zero-order chi connectivity index (χ0) is 28.3. The van der Waals surface area contributed by atoms with Gasteiger partial charge in [-0.15, -0.1) is 5.10 Å². The van der Waals surface area contributed by atoms with Gasteiger partial charge in [0.1, 0.15) is 11.8 Å². The van der Waals surface area contributed by atoms with E-state index >= 15 is 0 Å². The summed E-state index contributed by atoms with van der Waals surface area (Å²) in [5, 5.41) is 14.1. The van der Waals surface area contributed by atoms with Crippen LogP contribution in [0.25, 0.3) is 10.9 Å². The molecule has 1 N–H and O–H groups in total. The van der Waals surface area contributed by atoms with Crippen molar-refractivity contribution in [2.75, 3.05) is 19.8 Å². The maximum Gasteiger partial charge on any atom is 0.253 e. The lowest BCUT2D eigenvalue weighted by atomic mass is 9.98. The highest BCUT2D eigenvalue weighted by molar-refractivity contribution is 5.79. The third-order valence-corrected chi connectivity index (χ3v) is 7.95. The van der Waals surface area contributed by atoms with Crippen LogP contribution in [0.1, 0.15) is 75.5 Å². The van der Waals surface area contributed by atoms with Crippen molar-refractivity contribution in [3.05, 3.63) is 81.4 Å². The number of tetrazole rings is 1. The number of nitrogens with one attached hydrogen (secondary N) is 1. The number of pyridine rings is 1. The van der Waals surface area contributed by atoms with Gasteiger partial charge in [-0.05, 0) is 98.2 Å². The summed E-state index contributed by atoms with van der Waals surface area (Å²) < 4.78 is 13.7. The van der Waals surface area contributed by atoms with Crippen molar-refractivity contribution in [2.45, 2.75) is 78.1 Å². The highest BCUT2D eigenvalue weighted by Gasteiger charge is 2.36. The molecule has 3 heterocycles. The maximum absolute atomic E-state index is 13.8. The molecule has 212 valence electrons. The number of hydrogen-bond donors (Lipinski definition) is 1. The lowest BCUT2D eigenvalue weighted by Gasteiger charge is -2.34. The molecule has 0 unspecified atom stereocenters. The predicted molar refractivity (Wildman–Crippen MR) is 156 cm³/mol.